The molecule has 1 heterocycles. The van der Waals surface area contributed by atoms with Crippen LogP contribution in [0.2, 0.25) is 0 Å². The third-order valence-corrected chi connectivity index (χ3v) is 3.85. The third-order valence-electron chi connectivity index (χ3n) is 3.85. The van der Waals surface area contributed by atoms with Crippen molar-refractivity contribution in [2.24, 2.45) is 0 Å². The van der Waals surface area contributed by atoms with Gasteiger partial charge in [0.05, 0.1) is 26.5 Å². The van der Waals surface area contributed by atoms with Crippen LogP contribution in [0, 0.1) is 0 Å². The molecule has 3 aromatic rings. The number of anilines is 1. The lowest BCUT2D eigenvalue weighted by Gasteiger charge is -2.10. The maximum Gasteiger partial charge on any atom is 0.277 e. The van der Waals surface area contributed by atoms with Gasteiger partial charge < -0.3 is 24.1 Å². The van der Waals surface area contributed by atoms with Gasteiger partial charge in [0, 0.05) is 17.7 Å². The Morgan fingerprint density at radius 3 is 2.44 bits per heavy atom. The van der Waals surface area contributed by atoms with Crippen LogP contribution in [0.1, 0.15) is 17.4 Å². The largest absolute Gasteiger partial charge is 0.497 e. The third kappa shape index (κ3) is 4.20. The monoisotopic (exact) mass is 368 g/mol. The van der Waals surface area contributed by atoms with Gasteiger partial charge in [-0.05, 0) is 43.3 Å². The highest BCUT2D eigenvalue weighted by Crippen LogP contribution is 2.30. The van der Waals surface area contributed by atoms with Crippen LogP contribution in [-0.2, 0) is 0 Å². The molecule has 0 radical (unpaired) electrons. The van der Waals surface area contributed by atoms with Gasteiger partial charge in [0.25, 0.3) is 5.91 Å². The zero-order valence-electron chi connectivity index (χ0n) is 15.3. The van der Waals surface area contributed by atoms with E-state index in [-0.39, 0.29) is 5.69 Å². The highest BCUT2D eigenvalue weighted by molar-refractivity contribution is 6.04. The van der Waals surface area contributed by atoms with Gasteiger partial charge in [0.15, 0.2) is 11.5 Å². The van der Waals surface area contributed by atoms with Crippen LogP contribution in [-0.4, -0.2) is 31.9 Å². The molecule has 0 unspecified atom stereocenters. The zero-order chi connectivity index (χ0) is 19.2. The van der Waals surface area contributed by atoms with E-state index in [1.54, 1.807) is 31.4 Å². The molecule has 1 N–H and O–H groups in total. The van der Waals surface area contributed by atoms with Crippen LogP contribution in [0.15, 0.2) is 53.1 Å². The molecule has 1 aromatic heterocycles. The van der Waals surface area contributed by atoms with Gasteiger partial charge >= 0.3 is 0 Å². The fourth-order valence-electron chi connectivity index (χ4n) is 2.49. The van der Waals surface area contributed by atoms with Crippen molar-refractivity contribution in [2.45, 2.75) is 6.92 Å². The lowest BCUT2D eigenvalue weighted by molar-refractivity contribution is 0.101. The summed E-state index contributed by atoms with van der Waals surface area (Å²) in [4.78, 5) is 12.5. The fourth-order valence-corrected chi connectivity index (χ4v) is 2.49. The predicted molar refractivity (Wildman–Crippen MR) is 101 cm³/mol. The van der Waals surface area contributed by atoms with Gasteiger partial charge in [-0.25, -0.2) is 0 Å². The lowest BCUT2D eigenvalue weighted by Crippen LogP contribution is -2.13. The Morgan fingerprint density at radius 1 is 1.04 bits per heavy atom. The Hall–Kier alpha value is -3.48. The predicted octanol–water partition coefficient (Wildman–Crippen LogP) is 4.01. The average molecular weight is 368 g/mol. The van der Waals surface area contributed by atoms with Gasteiger partial charge in [-0.2, -0.15) is 0 Å². The quantitative estimate of drug-likeness (QED) is 0.678. The average Bonchev–Trinajstić information content (AvgIpc) is 3.19. The Kier molecular flexibility index (Phi) is 5.61. The van der Waals surface area contributed by atoms with Crippen molar-refractivity contribution in [2.75, 3.05) is 26.1 Å². The molecule has 27 heavy (non-hydrogen) atoms. The van der Waals surface area contributed by atoms with E-state index in [0.29, 0.717) is 29.6 Å². The molecular weight excluding hydrogens is 348 g/mol. The molecule has 140 valence electrons. The number of rotatable bonds is 7. The lowest BCUT2D eigenvalue weighted by atomic mass is 10.1. The summed E-state index contributed by atoms with van der Waals surface area (Å²) >= 11 is 0. The molecule has 7 heteroatoms. The van der Waals surface area contributed by atoms with E-state index in [2.05, 4.69) is 10.5 Å². The highest BCUT2D eigenvalue weighted by Gasteiger charge is 2.16. The smallest absolute Gasteiger partial charge is 0.277 e. The summed E-state index contributed by atoms with van der Waals surface area (Å²) in [6.07, 6.45) is 0. The number of methoxy groups -OCH3 is 2. The summed E-state index contributed by atoms with van der Waals surface area (Å²) in [5.74, 6) is 1.97. The van der Waals surface area contributed by atoms with Crippen molar-refractivity contribution >= 4 is 11.6 Å². The number of aromatic nitrogens is 1. The van der Waals surface area contributed by atoms with Crippen molar-refractivity contribution in [1.29, 1.82) is 0 Å². The molecule has 1 amide bonds. The number of hydrogen-bond donors (Lipinski definition) is 1. The summed E-state index contributed by atoms with van der Waals surface area (Å²) in [5, 5.41) is 6.61. The Morgan fingerprint density at radius 2 is 1.78 bits per heavy atom. The maximum absolute atomic E-state index is 12.5. The molecule has 0 aliphatic carbocycles. The maximum atomic E-state index is 12.5. The molecule has 2 aromatic carbocycles. The van der Waals surface area contributed by atoms with E-state index in [0.717, 1.165) is 11.3 Å². The molecule has 7 nitrogen and oxygen atoms in total. The number of amides is 1. The molecule has 0 saturated carbocycles. The first-order valence-corrected chi connectivity index (χ1v) is 8.38. The van der Waals surface area contributed by atoms with E-state index >= 15 is 0 Å². The van der Waals surface area contributed by atoms with Gasteiger partial charge in [-0.1, -0.05) is 5.16 Å². The summed E-state index contributed by atoms with van der Waals surface area (Å²) < 4.78 is 21.1. The number of nitrogens with one attached hydrogen (secondary N) is 1. The molecular formula is C20H20N2O5. The molecule has 0 bridgehead atoms. The van der Waals surface area contributed by atoms with Gasteiger partial charge in [-0.15, -0.1) is 0 Å². The van der Waals surface area contributed by atoms with Crippen LogP contribution in [0.4, 0.5) is 5.69 Å². The van der Waals surface area contributed by atoms with Crippen molar-refractivity contribution < 1.29 is 23.5 Å². The molecule has 0 atom stereocenters. The van der Waals surface area contributed by atoms with Crippen molar-refractivity contribution in [3.63, 3.8) is 0 Å². The Labute approximate surface area is 156 Å². The van der Waals surface area contributed by atoms with Crippen LogP contribution in [0.25, 0.3) is 11.3 Å². The van der Waals surface area contributed by atoms with Crippen molar-refractivity contribution in [1.82, 2.24) is 5.16 Å². The summed E-state index contributed by atoms with van der Waals surface area (Å²) in [7, 11) is 3.08. The van der Waals surface area contributed by atoms with Gasteiger partial charge in [0.1, 0.15) is 17.2 Å². The SMILES string of the molecule is CCOc1ccc(-c2cc(C(=O)Nc3ccc(OC)cc3OC)no2)cc1. The fraction of sp³-hybridized carbons (Fsp3) is 0.200. The molecule has 3 rings (SSSR count). The number of nitrogens with zero attached hydrogens (tertiary/aromatic N) is 1. The van der Waals surface area contributed by atoms with E-state index in [1.807, 2.05) is 31.2 Å². The number of carbonyl (C=O) groups excluding carboxylic acids is 1. The molecule has 0 aliphatic rings. The minimum absolute atomic E-state index is 0.164. The molecule has 0 spiro atoms. The first-order chi connectivity index (χ1) is 13.1. The Balaban J connectivity index is 1.75. The number of ether oxygens (including phenoxy) is 3. The second kappa shape index (κ2) is 8.27. The summed E-state index contributed by atoms with van der Waals surface area (Å²) in [6, 6.07) is 14.1. The van der Waals surface area contributed by atoms with E-state index in [4.69, 9.17) is 18.7 Å². The second-order valence-electron chi connectivity index (χ2n) is 5.55. The van der Waals surface area contributed by atoms with Crippen LogP contribution in [0.3, 0.4) is 0 Å². The first kappa shape index (κ1) is 18.3. The van der Waals surface area contributed by atoms with Crippen LogP contribution in [0.5, 0.6) is 17.2 Å². The molecule has 0 saturated heterocycles. The molecule has 0 aliphatic heterocycles. The number of hydrogen-bond acceptors (Lipinski definition) is 6. The Bertz CT molecular complexity index is 918. The van der Waals surface area contributed by atoms with Crippen LogP contribution >= 0.6 is 0 Å². The normalized spacial score (nSPS) is 10.3. The standard InChI is InChI=1S/C20H20N2O5/c1-4-26-14-7-5-13(6-8-14)18-12-17(22-27-18)20(23)21-16-10-9-15(24-2)11-19(16)25-3/h5-12H,4H2,1-3H3,(H,21,23). The minimum Gasteiger partial charge on any atom is -0.497 e. The number of carbonyl (C=O) groups is 1. The van der Waals surface area contributed by atoms with E-state index in [1.165, 1.54) is 7.11 Å². The van der Waals surface area contributed by atoms with E-state index in [9.17, 15) is 4.79 Å². The minimum atomic E-state index is -0.403. The van der Waals surface area contributed by atoms with Crippen molar-refractivity contribution in [3.8, 4) is 28.6 Å². The van der Waals surface area contributed by atoms with E-state index < -0.39 is 5.91 Å². The summed E-state index contributed by atoms with van der Waals surface area (Å²) in [5.41, 5.74) is 1.47. The van der Waals surface area contributed by atoms with Crippen LogP contribution < -0.4 is 19.5 Å². The zero-order valence-corrected chi connectivity index (χ0v) is 15.3. The first-order valence-electron chi connectivity index (χ1n) is 8.38. The number of benzene rings is 2. The van der Waals surface area contributed by atoms with Gasteiger partial charge in [0.2, 0.25) is 0 Å². The highest BCUT2D eigenvalue weighted by atomic mass is 16.5. The van der Waals surface area contributed by atoms with Gasteiger partial charge in [-0.3, -0.25) is 4.79 Å². The molecule has 0 fully saturated rings. The topological polar surface area (TPSA) is 82.8 Å². The van der Waals surface area contributed by atoms with Crippen molar-refractivity contribution in [3.05, 3.63) is 54.2 Å². The summed E-state index contributed by atoms with van der Waals surface area (Å²) in [6.45, 7) is 2.52. The second-order valence-corrected chi connectivity index (χ2v) is 5.55.